The number of benzene rings is 1. The van der Waals surface area contributed by atoms with Crippen molar-refractivity contribution < 1.29 is 15.1 Å². The van der Waals surface area contributed by atoms with Gasteiger partial charge in [0.25, 0.3) is 5.69 Å². The standard InChI is InChI=1S/C11H16N2O4.ClH/c1-2-3-10(15)11(12)8-6-7(14)4-5-9(8)13(16)17;/h4-6,10-11,14-15H,2-3,12H2,1H3;1H/t10-,11+;/m1./s1. The summed E-state index contributed by atoms with van der Waals surface area (Å²) in [5.74, 6) is -0.107. The summed E-state index contributed by atoms with van der Waals surface area (Å²) in [4.78, 5) is 10.2. The highest BCUT2D eigenvalue weighted by Gasteiger charge is 2.24. The third-order valence-corrected chi connectivity index (χ3v) is 2.57. The van der Waals surface area contributed by atoms with E-state index >= 15 is 0 Å². The molecule has 0 amide bonds. The Bertz CT molecular complexity index is 414. The van der Waals surface area contributed by atoms with Crippen LogP contribution in [0.3, 0.4) is 0 Å². The summed E-state index contributed by atoms with van der Waals surface area (Å²) in [6, 6.07) is 2.76. The van der Waals surface area contributed by atoms with Crippen LogP contribution in [0.1, 0.15) is 31.4 Å². The van der Waals surface area contributed by atoms with Gasteiger partial charge >= 0.3 is 0 Å². The largest absolute Gasteiger partial charge is 0.508 e. The lowest BCUT2D eigenvalue weighted by atomic mass is 9.97. The molecule has 4 N–H and O–H groups in total. The zero-order valence-electron chi connectivity index (χ0n) is 9.94. The number of nitrogens with two attached hydrogens (primary N) is 1. The molecule has 0 unspecified atom stereocenters. The van der Waals surface area contributed by atoms with E-state index in [0.29, 0.717) is 6.42 Å². The molecule has 2 atom stereocenters. The predicted molar refractivity (Wildman–Crippen MR) is 69.9 cm³/mol. The lowest BCUT2D eigenvalue weighted by Crippen LogP contribution is -2.26. The van der Waals surface area contributed by atoms with E-state index in [9.17, 15) is 20.3 Å². The van der Waals surface area contributed by atoms with Gasteiger partial charge in [0.15, 0.2) is 0 Å². The summed E-state index contributed by atoms with van der Waals surface area (Å²) in [6.45, 7) is 1.88. The first-order chi connectivity index (χ1) is 7.97. The van der Waals surface area contributed by atoms with E-state index in [0.717, 1.165) is 6.42 Å². The summed E-state index contributed by atoms with van der Waals surface area (Å²) in [7, 11) is 0. The lowest BCUT2D eigenvalue weighted by Gasteiger charge is -2.18. The first kappa shape index (κ1) is 16.6. The van der Waals surface area contributed by atoms with Gasteiger partial charge in [-0.15, -0.1) is 12.4 Å². The molecule has 0 saturated heterocycles. The first-order valence-electron chi connectivity index (χ1n) is 5.38. The van der Waals surface area contributed by atoms with Crippen molar-refractivity contribution >= 4 is 18.1 Å². The summed E-state index contributed by atoms with van der Waals surface area (Å²) < 4.78 is 0. The van der Waals surface area contributed by atoms with E-state index in [1.165, 1.54) is 18.2 Å². The van der Waals surface area contributed by atoms with Crippen molar-refractivity contribution in [2.75, 3.05) is 0 Å². The quantitative estimate of drug-likeness (QED) is 0.562. The van der Waals surface area contributed by atoms with Crippen molar-refractivity contribution in [2.24, 2.45) is 5.73 Å². The van der Waals surface area contributed by atoms with E-state index in [4.69, 9.17) is 5.73 Å². The van der Waals surface area contributed by atoms with Gasteiger partial charge in [0.1, 0.15) is 5.75 Å². The molecule has 0 spiro atoms. The first-order valence-corrected chi connectivity index (χ1v) is 5.38. The summed E-state index contributed by atoms with van der Waals surface area (Å²) in [5.41, 5.74) is 5.73. The Kier molecular flexibility index (Phi) is 6.61. The highest BCUT2D eigenvalue weighted by Crippen LogP contribution is 2.30. The minimum absolute atomic E-state index is 0. The molecule has 0 aromatic heterocycles. The Morgan fingerprint density at radius 3 is 2.61 bits per heavy atom. The molecule has 0 aliphatic carbocycles. The molecular formula is C11H17ClN2O4. The van der Waals surface area contributed by atoms with Crippen LogP contribution < -0.4 is 5.73 Å². The number of nitrogens with zero attached hydrogens (tertiary/aromatic N) is 1. The van der Waals surface area contributed by atoms with Crippen molar-refractivity contribution in [2.45, 2.75) is 31.9 Å². The van der Waals surface area contributed by atoms with Gasteiger partial charge in [0.05, 0.1) is 22.6 Å². The van der Waals surface area contributed by atoms with Gasteiger partial charge in [-0.25, -0.2) is 0 Å². The maximum atomic E-state index is 10.8. The van der Waals surface area contributed by atoms with Crippen LogP contribution in [-0.2, 0) is 0 Å². The third-order valence-electron chi connectivity index (χ3n) is 2.57. The van der Waals surface area contributed by atoms with Crippen LogP contribution in [0.4, 0.5) is 5.69 Å². The maximum absolute atomic E-state index is 10.8. The minimum atomic E-state index is -0.873. The van der Waals surface area contributed by atoms with Gasteiger partial charge in [0, 0.05) is 6.07 Å². The number of aliphatic hydroxyl groups excluding tert-OH is 1. The van der Waals surface area contributed by atoms with Gasteiger partial charge in [0.2, 0.25) is 0 Å². The molecule has 0 fully saturated rings. The van der Waals surface area contributed by atoms with E-state index in [-0.39, 0.29) is 29.4 Å². The summed E-state index contributed by atoms with van der Waals surface area (Å²) in [6.07, 6.45) is 0.315. The molecule has 0 aliphatic heterocycles. The zero-order chi connectivity index (χ0) is 13.0. The monoisotopic (exact) mass is 276 g/mol. The van der Waals surface area contributed by atoms with Crippen LogP contribution in [0, 0.1) is 10.1 Å². The van der Waals surface area contributed by atoms with Gasteiger partial charge < -0.3 is 15.9 Å². The van der Waals surface area contributed by atoms with Crippen LogP contribution >= 0.6 is 12.4 Å². The molecule has 6 nitrogen and oxygen atoms in total. The lowest BCUT2D eigenvalue weighted by molar-refractivity contribution is -0.385. The van der Waals surface area contributed by atoms with Crippen LogP contribution in [0.25, 0.3) is 0 Å². The number of nitro benzene ring substituents is 1. The Hall–Kier alpha value is -1.37. The number of aromatic hydroxyl groups is 1. The van der Waals surface area contributed by atoms with Crippen LogP contribution in [0.2, 0.25) is 0 Å². The second kappa shape index (κ2) is 7.15. The smallest absolute Gasteiger partial charge is 0.274 e. The van der Waals surface area contributed by atoms with Gasteiger partial charge in [-0.1, -0.05) is 13.3 Å². The van der Waals surface area contributed by atoms with Crippen LogP contribution in [0.15, 0.2) is 18.2 Å². The van der Waals surface area contributed by atoms with Gasteiger partial charge in [-0.2, -0.15) is 0 Å². The summed E-state index contributed by atoms with van der Waals surface area (Å²) in [5, 5.41) is 29.9. The average molecular weight is 277 g/mol. The fourth-order valence-electron chi connectivity index (χ4n) is 1.66. The molecule has 0 bridgehead atoms. The molecule has 0 saturated carbocycles. The van der Waals surface area contributed by atoms with Crippen molar-refractivity contribution in [1.29, 1.82) is 0 Å². The van der Waals surface area contributed by atoms with Crippen LogP contribution in [-0.4, -0.2) is 21.2 Å². The molecule has 0 heterocycles. The van der Waals surface area contributed by atoms with E-state index in [1.807, 2.05) is 6.92 Å². The highest BCUT2D eigenvalue weighted by molar-refractivity contribution is 5.85. The van der Waals surface area contributed by atoms with Crippen molar-refractivity contribution in [3.8, 4) is 5.75 Å². The van der Waals surface area contributed by atoms with E-state index < -0.39 is 17.1 Å². The molecule has 102 valence electrons. The predicted octanol–water partition coefficient (Wildman–Crippen LogP) is 1.88. The molecule has 7 heteroatoms. The number of aliphatic hydroxyl groups is 1. The highest BCUT2D eigenvalue weighted by atomic mass is 35.5. The van der Waals surface area contributed by atoms with Crippen LogP contribution in [0.5, 0.6) is 5.75 Å². The van der Waals surface area contributed by atoms with Crippen molar-refractivity contribution in [3.05, 3.63) is 33.9 Å². The van der Waals surface area contributed by atoms with E-state index in [2.05, 4.69) is 0 Å². The third kappa shape index (κ3) is 3.83. The molecule has 0 radical (unpaired) electrons. The second-order valence-electron chi connectivity index (χ2n) is 3.88. The molecule has 1 aromatic carbocycles. The molecular weight excluding hydrogens is 260 g/mol. The normalized spacial score (nSPS) is 13.5. The Morgan fingerprint density at radius 1 is 1.50 bits per heavy atom. The molecule has 18 heavy (non-hydrogen) atoms. The minimum Gasteiger partial charge on any atom is -0.508 e. The van der Waals surface area contributed by atoms with Crippen molar-refractivity contribution in [1.82, 2.24) is 0 Å². The fourth-order valence-corrected chi connectivity index (χ4v) is 1.66. The SMILES string of the molecule is CCC[C@@H](O)[C@@H](N)c1cc(O)ccc1[N+](=O)[O-].Cl. The Balaban J connectivity index is 0.00000289. The van der Waals surface area contributed by atoms with Crippen molar-refractivity contribution in [3.63, 3.8) is 0 Å². The number of hydrogen-bond donors (Lipinski definition) is 3. The van der Waals surface area contributed by atoms with E-state index in [1.54, 1.807) is 0 Å². The molecule has 1 aromatic rings. The number of halogens is 1. The number of phenolic OH excluding ortho intramolecular Hbond substituents is 1. The Labute approximate surface area is 111 Å². The zero-order valence-corrected chi connectivity index (χ0v) is 10.8. The Morgan fingerprint density at radius 2 is 2.11 bits per heavy atom. The van der Waals surface area contributed by atoms with Gasteiger partial charge in [-0.05, 0) is 18.6 Å². The number of rotatable bonds is 5. The average Bonchev–Trinajstić information content (AvgIpc) is 2.27. The molecule has 1 rings (SSSR count). The number of phenols is 1. The topological polar surface area (TPSA) is 110 Å². The number of nitro groups is 1. The second-order valence-corrected chi connectivity index (χ2v) is 3.88. The van der Waals surface area contributed by atoms with Gasteiger partial charge in [-0.3, -0.25) is 10.1 Å². The fraction of sp³-hybridized carbons (Fsp3) is 0.455. The maximum Gasteiger partial charge on any atom is 0.274 e. The molecule has 0 aliphatic rings. The summed E-state index contributed by atoms with van der Waals surface area (Å²) >= 11 is 0. The number of hydrogen-bond acceptors (Lipinski definition) is 5.